The van der Waals surface area contributed by atoms with Crippen LogP contribution < -0.4 is 70.8 Å². The average Bonchev–Trinajstić information content (AvgIpc) is 3.17. The van der Waals surface area contributed by atoms with Crippen molar-refractivity contribution in [3.8, 4) is 0 Å². The van der Waals surface area contributed by atoms with Gasteiger partial charge in [0.1, 0.15) is 48.3 Å². The Morgan fingerprint density at radius 2 is 0.837 bits per heavy atom. The second kappa shape index (κ2) is 39.7. The standard InChI is InChI=1S/C54H79N13O18S/c1-86-23-20-35(63-48(78)33(16-8-10-21-55)61-50(80)37(24-30-12-4-2-5-13-30)65-46(76)32(57)26-44(72)73)49(79)67-40(28-45(74)75)53(83)62-34(18-19-43(70)71)47(77)59-29-42(69)60-39(27-41(58)68)52(82)66-38(25-31-14-6-3-7-15-31)51(81)64-36(54(84)85)17-9-11-22-56/h2-7,12-15,32-40H,8-11,16-29,55-57H2,1H3,(H2,58,68)(H,59,77)(H,60,69)(H,61,80)(H,62,83)(H,63,78)(H,64,81)(H,65,76)(H,66,82)(H,67,79)(H,70,71)(H,72,73)(H,74,75)(H,84,85)/t32-,33-,34-,35-,36-,37-,38-,39-,40-/m0/s1. The molecule has 2 aromatic carbocycles. The molecule has 0 unspecified atom stereocenters. The summed E-state index contributed by atoms with van der Waals surface area (Å²) in [6, 6.07) is 2.14. The van der Waals surface area contributed by atoms with Gasteiger partial charge in [-0.05, 0) is 87.6 Å². The second-order valence-corrected chi connectivity index (χ2v) is 20.7. The summed E-state index contributed by atoms with van der Waals surface area (Å²) in [5.41, 5.74) is 23.5. The minimum absolute atomic E-state index is 0.00173. The first-order valence-corrected chi connectivity index (χ1v) is 28.8. The van der Waals surface area contributed by atoms with Crippen molar-refractivity contribution in [1.82, 2.24) is 47.9 Å². The predicted octanol–water partition coefficient (Wildman–Crippen LogP) is -4.42. The van der Waals surface area contributed by atoms with Gasteiger partial charge in [-0.2, -0.15) is 11.8 Å². The number of carbonyl (C=O) groups is 14. The SMILES string of the molecule is CSCC[C@H](NC(=O)[C@H](CCCCN)NC(=O)[C@H](Cc1ccccc1)NC(=O)[C@@H](N)CC(=O)O)C(=O)N[C@@H](CC(=O)O)C(=O)N[C@@H](CCC(=O)O)C(=O)NCC(=O)N[C@@H](CC(N)=O)C(=O)N[C@@H](Cc1ccccc1)C(=O)N[C@@H](CCCCN)C(=O)O. The monoisotopic (exact) mass is 1230 g/mol. The predicted molar refractivity (Wildman–Crippen MR) is 308 cm³/mol. The maximum Gasteiger partial charge on any atom is 0.326 e. The lowest BCUT2D eigenvalue weighted by atomic mass is 10.0. The first-order valence-electron chi connectivity index (χ1n) is 27.4. The van der Waals surface area contributed by atoms with Crippen LogP contribution in [0.3, 0.4) is 0 Å². The van der Waals surface area contributed by atoms with Crippen LogP contribution in [0.15, 0.2) is 60.7 Å². The van der Waals surface area contributed by atoms with E-state index < -0.39 is 176 Å². The van der Waals surface area contributed by atoms with Gasteiger partial charge in [-0.3, -0.25) is 62.3 Å². The van der Waals surface area contributed by atoms with Crippen LogP contribution in [0.25, 0.3) is 0 Å². The molecule has 0 saturated carbocycles. The highest BCUT2D eigenvalue weighted by Gasteiger charge is 2.36. The number of hydrogen-bond acceptors (Lipinski definition) is 18. The third kappa shape index (κ3) is 29.2. The topological polar surface area (TPSA) is 532 Å². The number of hydrogen-bond donors (Lipinski definition) is 17. The number of nitrogens with one attached hydrogen (secondary N) is 9. The Bertz CT molecular complexity index is 2640. The van der Waals surface area contributed by atoms with Crippen LogP contribution in [0.4, 0.5) is 0 Å². The molecule has 0 heterocycles. The third-order valence-electron chi connectivity index (χ3n) is 12.7. The van der Waals surface area contributed by atoms with Crippen LogP contribution in [0.2, 0.25) is 0 Å². The molecule has 0 aliphatic heterocycles. The van der Waals surface area contributed by atoms with Crippen molar-refractivity contribution in [2.45, 2.75) is 144 Å². The molecule has 474 valence electrons. The number of carboxylic acid groups (broad SMARTS) is 4. The van der Waals surface area contributed by atoms with Crippen molar-refractivity contribution < 1.29 is 87.5 Å². The number of amides is 10. The Kier molecular flexibility index (Phi) is 33.9. The highest BCUT2D eigenvalue weighted by atomic mass is 32.2. The molecular formula is C54H79N13O18S. The van der Waals surface area contributed by atoms with E-state index in [9.17, 15) is 87.5 Å². The molecule has 0 fully saturated rings. The van der Waals surface area contributed by atoms with Gasteiger partial charge >= 0.3 is 23.9 Å². The van der Waals surface area contributed by atoms with Crippen LogP contribution in [0.5, 0.6) is 0 Å². The van der Waals surface area contributed by atoms with Crippen molar-refractivity contribution in [1.29, 1.82) is 0 Å². The molecule has 0 bridgehead atoms. The van der Waals surface area contributed by atoms with Crippen LogP contribution in [-0.4, -0.2) is 189 Å². The minimum Gasteiger partial charge on any atom is -0.481 e. The third-order valence-corrected chi connectivity index (χ3v) is 13.4. The summed E-state index contributed by atoms with van der Waals surface area (Å²) in [5.74, 6) is -16.5. The van der Waals surface area contributed by atoms with E-state index in [1.165, 1.54) is 11.8 Å². The molecule has 10 amide bonds. The highest BCUT2D eigenvalue weighted by molar-refractivity contribution is 7.98. The van der Waals surface area contributed by atoms with Gasteiger partial charge < -0.3 is 91.2 Å². The van der Waals surface area contributed by atoms with Gasteiger partial charge in [0.2, 0.25) is 59.1 Å². The lowest BCUT2D eigenvalue weighted by Crippen LogP contribution is -2.60. The fourth-order valence-corrected chi connectivity index (χ4v) is 8.67. The molecule has 9 atom stereocenters. The number of rotatable bonds is 43. The number of carboxylic acids is 4. The van der Waals surface area contributed by atoms with Gasteiger partial charge in [0.05, 0.1) is 31.8 Å². The molecule has 0 aromatic heterocycles. The maximum atomic E-state index is 14.1. The normalized spacial score (nSPS) is 14.0. The maximum absolute atomic E-state index is 14.1. The fraction of sp³-hybridized carbons (Fsp3) is 0.519. The fourth-order valence-electron chi connectivity index (χ4n) is 8.19. The van der Waals surface area contributed by atoms with E-state index in [-0.39, 0.29) is 57.4 Å². The van der Waals surface area contributed by atoms with Crippen molar-refractivity contribution >= 4 is 94.7 Å². The van der Waals surface area contributed by atoms with Gasteiger partial charge in [-0.25, -0.2) is 4.79 Å². The number of unbranched alkanes of at least 4 members (excludes halogenated alkanes) is 2. The van der Waals surface area contributed by atoms with Gasteiger partial charge in [-0.1, -0.05) is 60.7 Å². The lowest BCUT2D eigenvalue weighted by molar-refractivity contribution is -0.142. The molecular weight excluding hydrogens is 1150 g/mol. The first kappa shape index (κ1) is 73.4. The highest BCUT2D eigenvalue weighted by Crippen LogP contribution is 2.12. The molecule has 0 radical (unpaired) electrons. The lowest BCUT2D eigenvalue weighted by Gasteiger charge is -2.27. The number of benzene rings is 2. The van der Waals surface area contributed by atoms with E-state index in [1.54, 1.807) is 66.9 Å². The molecule has 0 saturated heterocycles. The molecule has 86 heavy (non-hydrogen) atoms. The molecule has 2 rings (SSSR count). The van der Waals surface area contributed by atoms with Crippen LogP contribution in [-0.2, 0) is 80.0 Å². The molecule has 0 aliphatic carbocycles. The van der Waals surface area contributed by atoms with E-state index in [0.29, 0.717) is 30.4 Å². The summed E-state index contributed by atoms with van der Waals surface area (Å²) in [6.45, 7) is -0.559. The smallest absolute Gasteiger partial charge is 0.326 e. The molecule has 21 N–H and O–H groups in total. The number of carbonyl (C=O) groups excluding carboxylic acids is 10. The summed E-state index contributed by atoms with van der Waals surface area (Å²) in [7, 11) is 0. The number of nitrogens with two attached hydrogens (primary N) is 4. The Morgan fingerprint density at radius 3 is 1.28 bits per heavy atom. The molecule has 0 aliphatic rings. The molecule has 32 heteroatoms. The van der Waals surface area contributed by atoms with E-state index >= 15 is 0 Å². The summed E-state index contributed by atoms with van der Waals surface area (Å²) in [6.07, 6.45) is -1.63. The zero-order valence-electron chi connectivity index (χ0n) is 47.4. The van der Waals surface area contributed by atoms with Gasteiger partial charge in [0.25, 0.3) is 0 Å². The Balaban J connectivity index is 2.36. The van der Waals surface area contributed by atoms with Crippen molar-refractivity contribution in [2.75, 3.05) is 31.6 Å². The van der Waals surface area contributed by atoms with Crippen LogP contribution in [0.1, 0.15) is 88.2 Å². The van der Waals surface area contributed by atoms with E-state index in [4.69, 9.17) is 22.9 Å². The van der Waals surface area contributed by atoms with E-state index in [1.807, 2.05) is 0 Å². The Hall–Kier alpha value is -8.75. The summed E-state index contributed by atoms with van der Waals surface area (Å²) in [4.78, 5) is 182. The first-order chi connectivity index (χ1) is 40.8. The Labute approximate surface area is 499 Å². The number of thioether (sulfide) groups is 1. The van der Waals surface area contributed by atoms with E-state index in [0.717, 1.165) is 0 Å². The molecule has 0 spiro atoms. The number of primary amides is 1. The minimum atomic E-state index is -2.01. The largest absolute Gasteiger partial charge is 0.481 e. The second-order valence-electron chi connectivity index (χ2n) is 19.7. The van der Waals surface area contributed by atoms with Crippen molar-refractivity contribution in [3.05, 3.63) is 71.8 Å². The summed E-state index contributed by atoms with van der Waals surface area (Å²) < 4.78 is 0. The summed E-state index contributed by atoms with van der Waals surface area (Å²) >= 11 is 1.23. The quantitative estimate of drug-likeness (QED) is 0.0279. The van der Waals surface area contributed by atoms with Gasteiger partial charge in [0, 0.05) is 19.3 Å². The molecule has 2 aromatic rings. The number of aliphatic carboxylic acids is 4. The zero-order valence-corrected chi connectivity index (χ0v) is 48.2. The zero-order chi connectivity index (χ0) is 64.3. The van der Waals surface area contributed by atoms with Crippen molar-refractivity contribution in [2.24, 2.45) is 22.9 Å². The van der Waals surface area contributed by atoms with Gasteiger partial charge in [-0.15, -0.1) is 0 Å². The van der Waals surface area contributed by atoms with Crippen LogP contribution >= 0.6 is 11.8 Å². The van der Waals surface area contributed by atoms with Crippen molar-refractivity contribution in [3.63, 3.8) is 0 Å². The van der Waals surface area contributed by atoms with Crippen LogP contribution in [0, 0.1) is 0 Å². The average molecular weight is 1230 g/mol. The van der Waals surface area contributed by atoms with Gasteiger partial charge in [0.15, 0.2) is 0 Å². The van der Waals surface area contributed by atoms with E-state index in [2.05, 4.69) is 47.9 Å². The molecule has 31 nitrogen and oxygen atoms in total. The summed E-state index contributed by atoms with van der Waals surface area (Å²) in [5, 5.41) is 59.4. The Morgan fingerprint density at radius 1 is 0.442 bits per heavy atom.